The quantitative estimate of drug-likeness (QED) is 0.401. The molecule has 0 saturated carbocycles. The van der Waals surface area contributed by atoms with Gasteiger partial charge in [0.1, 0.15) is 24.2 Å². The summed E-state index contributed by atoms with van der Waals surface area (Å²) < 4.78 is 8.46. The van der Waals surface area contributed by atoms with E-state index in [4.69, 9.17) is 27.9 Å². The summed E-state index contributed by atoms with van der Waals surface area (Å²) in [6.45, 7) is 0. The fraction of sp³-hybridized carbons (Fsp3) is 0.0833. The van der Waals surface area contributed by atoms with Gasteiger partial charge in [-0.05, 0) is 41.5 Å². The highest BCUT2D eigenvalue weighted by Crippen LogP contribution is 2.51. The van der Waals surface area contributed by atoms with Crippen LogP contribution >= 0.6 is 23.2 Å². The highest BCUT2D eigenvalue weighted by Gasteiger charge is 2.40. The molecule has 3 heterocycles. The molecule has 0 unspecified atom stereocenters. The highest BCUT2D eigenvalue weighted by molar-refractivity contribution is 6.31. The lowest BCUT2D eigenvalue weighted by molar-refractivity contribution is 0.223. The van der Waals surface area contributed by atoms with E-state index >= 15 is 0 Å². The Morgan fingerprint density at radius 2 is 1.65 bits per heavy atom. The fourth-order valence-electron chi connectivity index (χ4n) is 4.31. The Labute approximate surface area is 188 Å². The number of ether oxygens (including phenoxy) is 1. The first-order valence-electron chi connectivity index (χ1n) is 9.86. The van der Waals surface area contributed by atoms with Crippen LogP contribution in [0.5, 0.6) is 5.75 Å². The molecule has 4 aromatic rings. The minimum Gasteiger partial charge on any atom is -0.480 e. The van der Waals surface area contributed by atoms with Crippen molar-refractivity contribution in [3.8, 4) is 5.75 Å². The second-order valence-electron chi connectivity index (χ2n) is 7.49. The SMILES string of the molecule is Clc1ccc([C@@H]2Oc3ccc(Cl)cc3C3=C2[C@H](c2ccccc2)n2ncnc2N3)cc1. The maximum atomic E-state index is 6.56. The maximum absolute atomic E-state index is 6.56. The van der Waals surface area contributed by atoms with E-state index in [0.29, 0.717) is 16.0 Å². The van der Waals surface area contributed by atoms with Gasteiger partial charge in [0.15, 0.2) is 0 Å². The molecule has 1 aromatic heterocycles. The molecule has 0 aliphatic carbocycles. The Hall–Kier alpha value is -3.28. The summed E-state index contributed by atoms with van der Waals surface area (Å²) in [5, 5.41) is 9.33. The maximum Gasteiger partial charge on any atom is 0.226 e. The third-order valence-corrected chi connectivity index (χ3v) is 6.15. The first-order chi connectivity index (χ1) is 15.2. The van der Waals surface area contributed by atoms with Crippen LogP contribution < -0.4 is 10.1 Å². The number of aromatic nitrogens is 3. The molecule has 0 fully saturated rings. The fourth-order valence-corrected chi connectivity index (χ4v) is 4.61. The topological polar surface area (TPSA) is 52.0 Å². The third-order valence-electron chi connectivity index (χ3n) is 5.66. The molecule has 7 heteroatoms. The number of hydrogen-bond acceptors (Lipinski definition) is 4. The summed E-state index contributed by atoms with van der Waals surface area (Å²) in [6.07, 6.45) is 1.23. The smallest absolute Gasteiger partial charge is 0.226 e. The molecule has 152 valence electrons. The number of rotatable bonds is 2. The number of nitrogens with one attached hydrogen (secondary N) is 1. The average molecular weight is 447 g/mol. The molecule has 1 N–H and O–H groups in total. The lowest BCUT2D eigenvalue weighted by Crippen LogP contribution is -2.32. The molecule has 6 rings (SSSR count). The number of hydrogen-bond donors (Lipinski definition) is 1. The van der Waals surface area contributed by atoms with Crippen LogP contribution in [0.4, 0.5) is 5.95 Å². The van der Waals surface area contributed by atoms with Gasteiger partial charge in [0, 0.05) is 21.2 Å². The average Bonchev–Trinajstić information content (AvgIpc) is 3.27. The summed E-state index contributed by atoms with van der Waals surface area (Å²) in [5.74, 6) is 1.44. The number of benzene rings is 3. The van der Waals surface area contributed by atoms with Gasteiger partial charge in [0.25, 0.3) is 0 Å². The largest absolute Gasteiger partial charge is 0.480 e. The van der Waals surface area contributed by atoms with Crippen molar-refractivity contribution < 1.29 is 4.74 Å². The van der Waals surface area contributed by atoms with E-state index in [1.165, 1.54) is 0 Å². The minimum atomic E-state index is -0.337. The van der Waals surface area contributed by atoms with Crippen molar-refractivity contribution in [1.29, 1.82) is 0 Å². The van der Waals surface area contributed by atoms with Crippen molar-refractivity contribution in [3.63, 3.8) is 0 Å². The van der Waals surface area contributed by atoms with E-state index in [1.807, 2.05) is 65.3 Å². The van der Waals surface area contributed by atoms with Gasteiger partial charge in [0.05, 0.1) is 5.70 Å². The summed E-state index contributed by atoms with van der Waals surface area (Å²) in [7, 11) is 0. The van der Waals surface area contributed by atoms with E-state index in [-0.39, 0.29) is 12.1 Å². The van der Waals surface area contributed by atoms with Crippen LogP contribution in [0.1, 0.15) is 28.8 Å². The van der Waals surface area contributed by atoms with Crippen molar-refractivity contribution in [2.45, 2.75) is 12.1 Å². The Balaban J connectivity index is 1.64. The normalized spacial score (nSPS) is 19.0. The molecule has 0 spiro atoms. The molecule has 0 amide bonds. The zero-order chi connectivity index (χ0) is 20.9. The van der Waals surface area contributed by atoms with Gasteiger partial charge in [-0.25, -0.2) is 4.68 Å². The van der Waals surface area contributed by atoms with Gasteiger partial charge in [-0.3, -0.25) is 0 Å². The monoisotopic (exact) mass is 446 g/mol. The van der Waals surface area contributed by atoms with E-state index in [0.717, 1.165) is 33.7 Å². The molecule has 3 aromatic carbocycles. The Bertz CT molecular complexity index is 1320. The second-order valence-corrected chi connectivity index (χ2v) is 8.36. The van der Waals surface area contributed by atoms with Gasteiger partial charge in [-0.15, -0.1) is 0 Å². The number of nitrogens with zero attached hydrogens (tertiary/aromatic N) is 3. The van der Waals surface area contributed by atoms with Crippen LogP contribution in [-0.2, 0) is 0 Å². The molecule has 0 bridgehead atoms. The second kappa shape index (κ2) is 7.15. The molecule has 5 nitrogen and oxygen atoms in total. The summed E-state index contributed by atoms with van der Waals surface area (Å²) in [4.78, 5) is 4.44. The van der Waals surface area contributed by atoms with E-state index in [2.05, 4.69) is 27.5 Å². The van der Waals surface area contributed by atoms with E-state index < -0.39 is 0 Å². The van der Waals surface area contributed by atoms with Crippen molar-refractivity contribution in [1.82, 2.24) is 14.8 Å². The minimum absolute atomic E-state index is 0.192. The van der Waals surface area contributed by atoms with Crippen LogP contribution in [0.25, 0.3) is 5.70 Å². The van der Waals surface area contributed by atoms with Gasteiger partial charge < -0.3 is 10.1 Å². The number of halogens is 2. The predicted molar refractivity (Wildman–Crippen MR) is 121 cm³/mol. The molecular weight excluding hydrogens is 431 g/mol. The molecule has 0 radical (unpaired) electrons. The first kappa shape index (κ1) is 18.5. The van der Waals surface area contributed by atoms with Crippen LogP contribution in [-0.4, -0.2) is 14.8 Å². The summed E-state index contributed by atoms with van der Waals surface area (Å²) in [5.41, 5.74) is 4.99. The van der Waals surface area contributed by atoms with E-state index in [1.54, 1.807) is 6.33 Å². The van der Waals surface area contributed by atoms with Crippen molar-refractivity contribution in [2.75, 3.05) is 5.32 Å². The lowest BCUT2D eigenvalue weighted by Gasteiger charge is -2.39. The van der Waals surface area contributed by atoms with Crippen molar-refractivity contribution in [3.05, 3.63) is 111 Å². The Kier molecular flexibility index (Phi) is 4.26. The van der Waals surface area contributed by atoms with Gasteiger partial charge >= 0.3 is 0 Å². The number of fused-ring (bicyclic) bond motifs is 3. The van der Waals surface area contributed by atoms with Gasteiger partial charge in [-0.1, -0.05) is 65.7 Å². The van der Waals surface area contributed by atoms with Crippen LogP contribution in [0, 0.1) is 0 Å². The zero-order valence-corrected chi connectivity index (χ0v) is 17.7. The van der Waals surface area contributed by atoms with Gasteiger partial charge in [-0.2, -0.15) is 10.1 Å². The Morgan fingerprint density at radius 1 is 0.871 bits per heavy atom. The first-order valence-corrected chi connectivity index (χ1v) is 10.6. The molecule has 2 aliphatic rings. The van der Waals surface area contributed by atoms with Crippen LogP contribution in [0.15, 0.2) is 84.7 Å². The standard InChI is InChI=1S/C24H16Cl2N4O/c25-16-8-6-15(7-9-16)23-20-21(18-12-17(26)10-11-19(18)31-23)29-24-27-13-28-30(24)22(20)14-4-2-1-3-5-14/h1-13,22-23H,(H,27,28,29)/t22-,23-/m0/s1. The highest BCUT2D eigenvalue weighted by atomic mass is 35.5. The van der Waals surface area contributed by atoms with Crippen molar-refractivity contribution >= 4 is 34.8 Å². The summed E-state index contributed by atoms with van der Waals surface area (Å²) >= 11 is 12.5. The predicted octanol–water partition coefficient (Wildman–Crippen LogP) is 6.14. The zero-order valence-electron chi connectivity index (χ0n) is 16.2. The number of anilines is 1. The molecular formula is C24H16Cl2N4O. The summed E-state index contributed by atoms with van der Waals surface area (Å²) in [6, 6.07) is 23.5. The molecule has 0 saturated heterocycles. The molecule has 2 aliphatic heterocycles. The lowest BCUT2D eigenvalue weighted by atomic mass is 9.84. The van der Waals surface area contributed by atoms with Crippen LogP contribution in [0.2, 0.25) is 10.0 Å². The molecule has 31 heavy (non-hydrogen) atoms. The third kappa shape index (κ3) is 3.00. The Morgan fingerprint density at radius 3 is 2.45 bits per heavy atom. The van der Waals surface area contributed by atoms with Crippen LogP contribution in [0.3, 0.4) is 0 Å². The molecule has 2 atom stereocenters. The van der Waals surface area contributed by atoms with E-state index in [9.17, 15) is 0 Å². The van der Waals surface area contributed by atoms with Crippen molar-refractivity contribution in [2.24, 2.45) is 0 Å². The van der Waals surface area contributed by atoms with Gasteiger partial charge in [0.2, 0.25) is 5.95 Å².